The Balaban J connectivity index is 2.00. The van der Waals surface area contributed by atoms with Gasteiger partial charge in [-0.2, -0.15) is 0 Å². The fourth-order valence-electron chi connectivity index (χ4n) is 4.45. The molecule has 14 heavy (non-hydrogen) atoms. The van der Waals surface area contributed by atoms with Crippen molar-refractivity contribution in [2.24, 2.45) is 17.3 Å². The third-order valence-corrected chi connectivity index (χ3v) is 4.46. The maximum absolute atomic E-state index is 11.2. The monoisotopic (exact) mass is 195 g/mol. The number of carbonyl (C=O) groups is 1. The Morgan fingerprint density at radius 3 is 2.21 bits per heavy atom. The van der Waals surface area contributed by atoms with Crippen LogP contribution in [0.2, 0.25) is 0 Å². The maximum Gasteiger partial charge on any atom is 0.0662 e. The minimum Gasteiger partial charge on any atom is -0.550 e. The van der Waals surface area contributed by atoms with E-state index >= 15 is 0 Å². The molecule has 78 valence electrons. The summed E-state index contributed by atoms with van der Waals surface area (Å²) in [5.41, 5.74) is -1.36. The number of rotatable bonds is 1. The van der Waals surface area contributed by atoms with Crippen LogP contribution in [0.15, 0.2) is 0 Å². The van der Waals surface area contributed by atoms with E-state index in [1.165, 1.54) is 0 Å². The molecule has 4 rings (SSSR count). The van der Waals surface area contributed by atoms with Gasteiger partial charge in [0.15, 0.2) is 0 Å². The summed E-state index contributed by atoms with van der Waals surface area (Å²) in [7, 11) is 0. The fraction of sp³-hybridized carbons (Fsp3) is 0.909. The van der Waals surface area contributed by atoms with E-state index in [1.807, 2.05) is 0 Å². The summed E-state index contributed by atoms with van der Waals surface area (Å²) in [6.07, 6.45) is 4.69. The third kappa shape index (κ3) is 0.991. The molecule has 0 amide bonds. The van der Waals surface area contributed by atoms with Crippen LogP contribution >= 0.6 is 0 Å². The SMILES string of the molecule is O=C([O-])C12CC3CC(CC(O)(C3)C1)C2. The zero-order chi connectivity index (χ0) is 9.97. The summed E-state index contributed by atoms with van der Waals surface area (Å²) in [4.78, 5) is 11.2. The van der Waals surface area contributed by atoms with Gasteiger partial charge in [0.1, 0.15) is 0 Å². The molecule has 4 fully saturated rings. The Hall–Kier alpha value is -0.570. The number of carboxylic acids is 1. The molecule has 1 N–H and O–H groups in total. The van der Waals surface area contributed by atoms with Crippen LogP contribution < -0.4 is 5.11 Å². The van der Waals surface area contributed by atoms with Gasteiger partial charge in [-0.25, -0.2) is 0 Å². The third-order valence-electron chi connectivity index (χ3n) is 4.46. The number of carbonyl (C=O) groups excluding carboxylic acids is 1. The van der Waals surface area contributed by atoms with Crippen molar-refractivity contribution in [2.45, 2.75) is 44.1 Å². The van der Waals surface area contributed by atoms with Gasteiger partial charge in [-0.05, 0) is 50.4 Å². The number of hydrogen-bond acceptors (Lipinski definition) is 3. The van der Waals surface area contributed by atoms with E-state index < -0.39 is 17.0 Å². The molecule has 0 aromatic carbocycles. The lowest BCUT2D eigenvalue weighted by Gasteiger charge is -2.60. The van der Waals surface area contributed by atoms with E-state index in [2.05, 4.69) is 0 Å². The number of carboxylic acid groups (broad SMARTS) is 1. The van der Waals surface area contributed by atoms with Gasteiger partial charge in [-0.1, -0.05) is 0 Å². The van der Waals surface area contributed by atoms with Gasteiger partial charge in [-0.3, -0.25) is 0 Å². The predicted octanol–water partition coefficient (Wildman–Crippen LogP) is 0.0676. The van der Waals surface area contributed by atoms with Crippen LogP contribution in [0.5, 0.6) is 0 Å². The second kappa shape index (κ2) is 2.32. The van der Waals surface area contributed by atoms with E-state index in [9.17, 15) is 15.0 Å². The first kappa shape index (κ1) is 8.72. The molecule has 4 aliphatic rings. The highest BCUT2D eigenvalue weighted by Gasteiger charge is 2.57. The Morgan fingerprint density at radius 1 is 1.21 bits per heavy atom. The summed E-state index contributed by atoms with van der Waals surface area (Å²) in [6.45, 7) is 0. The van der Waals surface area contributed by atoms with Crippen LogP contribution in [-0.2, 0) is 4.79 Å². The van der Waals surface area contributed by atoms with Crippen molar-refractivity contribution >= 4 is 5.97 Å². The summed E-state index contributed by atoms with van der Waals surface area (Å²) in [5, 5.41) is 21.4. The molecule has 4 bridgehead atoms. The van der Waals surface area contributed by atoms with Crippen molar-refractivity contribution in [3.05, 3.63) is 0 Å². The summed E-state index contributed by atoms with van der Waals surface area (Å²) >= 11 is 0. The molecule has 0 saturated heterocycles. The lowest BCUT2D eigenvalue weighted by Crippen LogP contribution is -2.60. The van der Waals surface area contributed by atoms with E-state index in [4.69, 9.17) is 0 Å². The van der Waals surface area contributed by atoms with Gasteiger partial charge in [0.2, 0.25) is 0 Å². The van der Waals surface area contributed by atoms with Gasteiger partial charge < -0.3 is 15.0 Å². The maximum atomic E-state index is 11.2. The molecule has 2 atom stereocenters. The first-order valence-corrected chi connectivity index (χ1v) is 5.45. The first-order valence-electron chi connectivity index (χ1n) is 5.45. The molecule has 4 saturated carbocycles. The number of hydrogen-bond donors (Lipinski definition) is 1. The van der Waals surface area contributed by atoms with Gasteiger partial charge in [0.05, 0.1) is 5.60 Å². The average molecular weight is 195 g/mol. The highest BCUT2D eigenvalue weighted by atomic mass is 16.4. The Morgan fingerprint density at radius 2 is 1.79 bits per heavy atom. The van der Waals surface area contributed by atoms with Crippen molar-refractivity contribution in [3.8, 4) is 0 Å². The minimum absolute atomic E-state index is 0.430. The zero-order valence-corrected chi connectivity index (χ0v) is 8.16. The van der Waals surface area contributed by atoms with Gasteiger partial charge in [0, 0.05) is 11.4 Å². The fourth-order valence-corrected chi connectivity index (χ4v) is 4.45. The second-order valence-electron chi connectivity index (χ2n) is 5.75. The predicted molar refractivity (Wildman–Crippen MR) is 47.1 cm³/mol. The van der Waals surface area contributed by atoms with Crippen molar-refractivity contribution in [3.63, 3.8) is 0 Å². The first-order chi connectivity index (χ1) is 6.51. The van der Waals surface area contributed by atoms with Crippen LogP contribution in [0.25, 0.3) is 0 Å². The molecule has 4 aliphatic carbocycles. The molecule has 3 heteroatoms. The van der Waals surface area contributed by atoms with Crippen LogP contribution in [-0.4, -0.2) is 16.7 Å². The quantitative estimate of drug-likeness (QED) is 0.644. The van der Waals surface area contributed by atoms with Crippen LogP contribution in [0.1, 0.15) is 38.5 Å². The number of aliphatic hydroxyl groups is 1. The Bertz CT molecular complexity index is 283. The topological polar surface area (TPSA) is 60.4 Å². The minimum atomic E-state index is -0.926. The highest BCUT2D eigenvalue weighted by Crippen LogP contribution is 2.61. The van der Waals surface area contributed by atoms with E-state index in [0.29, 0.717) is 18.3 Å². The van der Waals surface area contributed by atoms with E-state index in [0.717, 1.165) is 32.1 Å². The van der Waals surface area contributed by atoms with Crippen LogP contribution in [0.4, 0.5) is 0 Å². The molecule has 0 aromatic heterocycles. The van der Waals surface area contributed by atoms with Gasteiger partial charge >= 0.3 is 0 Å². The van der Waals surface area contributed by atoms with E-state index in [1.54, 1.807) is 0 Å². The number of aliphatic carboxylic acids is 1. The standard InChI is InChI=1S/C11H16O3/c12-9(13)10-2-7-1-8(3-10)5-11(14,4-7)6-10/h7-8,14H,1-6H2,(H,12,13)/p-1. The second-order valence-corrected chi connectivity index (χ2v) is 5.75. The smallest absolute Gasteiger partial charge is 0.0662 e. The molecule has 0 spiro atoms. The molecular formula is C11H15O3-. The molecular weight excluding hydrogens is 180 g/mol. The van der Waals surface area contributed by atoms with Crippen molar-refractivity contribution in [1.29, 1.82) is 0 Å². The highest BCUT2D eigenvalue weighted by molar-refractivity contribution is 5.73. The van der Waals surface area contributed by atoms with Crippen molar-refractivity contribution < 1.29 is 15.0 Å². The summed E-state index contributed by atoms with van der Waals surface area (Å²) in [6, 6.07) is 0. The van der Waals surface area contributed by atoms with E-state index in [-0.39, 0.29) is 0 Å². The lowest BCUT2D eigenvalue weighted by molar-refractivity contribution is -0.331. The Labute approximate surface area is 83.1 Å². The average Bonchev–Trinajstić information content (AvgIpc) is 1.98. The lowest BCUT2D eigenvalue weighted by atomic mass is 9.48. The zero-order valence-electron chi connectivity index (χ0n) is 8.16. The molecule has 0 heterocycles. The normalized spacial score (nSPS) is 54.9. The van der Waals surface area contributed by atoms with Crippen LogP contribution in [0, 0.1) is 17.3 Å². The molecule has 0 radical (unpaired) electrons. The Kier molecular flexibility index (Phi) is 1.45. The molecule has 2 unspecified atom stereocenters. The van der Waals surface area contributed by atoms with Crippen LogP contribution in [0.3, 0.4) is 0 Å². The molecule has 0 aliphatic heterocycles. The van der Waals surface area contributed by atoms with Crippen molar-refractivity contribution in [2.75, 3.05) is 0 Å². The van der Waals surface area contributed by atoms with Gasteiger partial charge in [0.25, 0.3) is 0 Å². The van der Waals surface area contributed by atoms with Crippen molar-refractivity contribution in [1.82, 2.24) is 0 Å². The van der Waals surface area contributed by atoms with Gasteiger partial charge in [-0.15, -0.1) is 0 Å². The summed E-state index contributed by atoms with van der Waals surface area (Å²) < 4.78 is 0. The largest absolute Gasteiger partial charge is 0.550 e. The molecule has 0 aromatic rings. The summed E-state index contributed by atoms with van der Waals surface area (Å²) in [5.74, 6) is -0.0664. The molecule has 3 nitrogen and oxygen atoms in total.